The van der Waals surface area contributed by atoms with Gasteiger partial charge in [0, 0.05) is 17.1 Å². The highest BCUT2D eigenvalue weighted by Crippen LogP contribution is 2.37. The predicted molar refractivity (Wildman–Crippen MR) is 130 cm³/mol. The number of ether oxygens (including phenoxy) is 1. The smallest absolute Gasteiger partial charge is 0.337 e. The zero-order valence-electron chi connectivity index (χ0n) is 17.7. The maximum atomic E-state index is 13.1. The first-order valence-electron chi connectivity index (χ1n) is 9.75. The third-order valence-electron chi connectivity index (χ3n) is 5.18. The van der Waals surface area contributed by atoms with Crippen molar-refractivity contribution in [2.24, 2.45) is 0 Å². The molecule has 1 saturated heterocycles. The van der Waals surface area contributed by atoms with Crippen molar-refractivity contribution in [1.82, 2.24) is 4.57 Å². The highest BCUT2D eigenvalue weighted by Gasteiger charge is 2.33. The number of esters is 1. The van der Waals surface area contributed by atoms with Gasteiger partial charge in [0.15, 0.2) is 4.32 Å². The lowest BCUT2D eigenvalue weighted by Gasteiger charge is -2.14. The van der Waals surface area contributed by atoms with Crippen molar-refractivity contribution in [3.8, 4) is 11.4 Å². The molecular weight excluding hydrogens is 444 g/mol. The van der Waals surface area contributed by atoms with Gasteiger partial charge in [-0.3, -0.25) is 9.69 Å². The fourth-order valence-electron chi connectivity index (χ4n) is 3.65. The predicted octanol–water partition coefficient (Wildman–Crippen LogP) is 4.99. The summed E-state index contributed by atoms with van der Waals surface area (Å²) in [5.74, 6) is -0.478. The number of aryl methyl sites for hydroxylation is 1. The zero-order valence-corrected chi connectivity index (χ0v) is 19.3. The van der Waals surface area contributed by atoms with E-state index in [2.05, 4.69) is 0 Å². The van der Waals surface area contributed by atoms with Crippen molar-refractivity contribution in [2.45, 2.75) is 13.8 Å². The first-order chi connectivity index (χ1) is 15.3. The lowest BCUT2D eigenvalue weighted by atomic mass is 10.2. The van der Waals surface area contributed by atoms with Crippen molar-refractivity contribution in [3.05, 3.63) is 82.0 Å². The highest BCUT2D eigenvalue weighted by molar-refractivity contribution is 8.27. The summed E-state index contributed by atoms with van der Waals surface area (Å²) in [5.41, 5.74) is 4.69. The molecule has 3 aromatic rings. The van der Waals surface area contributed by atoms with Gasteiger partial charge in [0.05, 0.1) is 23.3 Å². The molecule has 2 heterocycles. The van der Waals surface area contributed by atoms with Crippen LogP contribution in [0.2, 0.25) is 0 Å². The molecule has 0 atom stereocenters. The van der Waals surface area contributed by atoms with E-state index in [9.17, 15) is 14.7 Å². The molecule has 0 spiro atoms. The fourth-order valence-corrected chi connectivity index (χ4v) is 4.94. The van der Waals surface area contributed by atoms with Gasteiger partial charge in [-0.15, -0.1) is 0 Å². The number of benzene rings is 2. The zero-order chi connectivity index (χ0) is 23.0. The van der Waals surface area contributed by atoms with Gasteiger partial charge in [-0.2, -0.15) is 0 Å². The van der Waals surface area contributed by atoms with Crippen LogP contribution in [0.3, 0.4) is 0 Å². The molecule has 1 aliphatic rings. The molecule has 0 aliphatic carbocycles. The molecule has 32 heavy (non-hydrogen) atoms. The van der Waals surface area contributed by atoms with E-state index in [1.807, 2.05) is 42.7 Å². The van der Waals surface area contributed by atoms with Crippen molar-refractivity contribution >= 4 is 51.9 Å². The Morgan fingerprint density at radius 2 is 1.81 bits per heavy atom. The van der Waals surface area contributed by atoms with E-state index in [-0.39, 0.29) is 11.7 Å². The second-order valence-electron chi connectivity index (χ2n) is 7.24. The molecule has 162 valence electrons. The van der Waals surface area contributed by atoms with Crippen LogP contribution in [0, 0.1) is 13.8 Å². The second-order valence-corrected chi connectivity index (χ2v) is 8.91. The standard InChI is InChI=1S/C24H20N2O4S2/c1-14-11-17(15(2)25(14)19-6-4-5-16(12-19)23(29)30-3)13-21-22(28)26(24(31)32-21)18-7-9-20(27)10-8-18/h4-13,27H,1-3H3/b21-13-. The summed E-state index contributed by atoms with van der Waals surface area (Å²) >= 11 is 6.67. The molecule has 2 aromatic carbocycles. The Morgan fingerprint density at radius 1 is 1.09 bits per heavy atom. The summed E-state index contributed by atoms with van der Waals surface area (Å²) in [7, 11) is 1.35. The van der Waals surface area contributed by atoms with Crippen LogP contribution in [0.15, 0.2) is 59.5 Å². The van der Waals surface area contributed by atoms with Crippen LogP contribution in [0.5, 0.6) is 5.75 Å². The lowest BCUT2D eigenvalue weighted by molar-refractivity contribution is -0.113. The summed E-state index contributed by atoms with van der Waals surface area (Å²) in [6, 6.07) is 15.6. The number of phenolic OH excluding ortho intramolecular Hbond substituents is 1. The first kappa shape index (κ1) is 21.9. The molecule has 4 rings (SSSR count). The Labute approximate surface area is 195 Å². The summed E-state index contributed by atoms with van der Waals surface area (Å²) in [6.07, 6.45) is 1.84. The number of aromatic hydroxyl groups is 1. The molecule has 1 N–H and O–H groups in total. The van der Waals surface area contributed by atoms with Gasteiger partial charge in [0.25, 0.3) is 5.91 Å². The Kier molecular flexibility index (Phi) is 5.90. The molecule has 1 fully saturated rings. The van der Waals surface area contributed by atoms with Crippen LogP contribution in [0.1, 0.15) is 27.3 Å². The molecule has 0 radical (unpaired) electrons. The summed E-state index contributed by atoms with van der Waals surface area (Å²) < 4.78 is 7.29. The quantitative estimate of drug-likeness (QED) is 0.333. The first-order valence-corrected chi connectivity index (χ1v) is 11.0. The van der Waals surface area contributed by atoms with Gasteiger partial charge in [-0.05, 0) is 74.0 Å². The summed E-state index contributed by atoms with van der Waals surface area (Å²) in [6.45, 7) is 3.93. The van der Waals surface area contributed by atoms with Gasteiger partial charge in [-0.1, -0.05) is 30.0 Å². The SMILES string of the molecule is COC(=O)c1cccc(-n2c(C)cc(/C=C3\SC(=S)N(c4ccc(O)cc4)C3=O)c2C)c1. The molecule has 0 bridgehead atoms. The van der Waals surface area contributed by atoms with Crippen molar-refractivity contribution in [1.29, 1.82) is 0 Å². The number of rotatable bonds is 4. The van der Waals surface area contributed by atoms with Crippen molar-refractivity contribution < 1.29 is 19.4 Å². The minimum Gasteiger partial charge on any atom is -0.508 e. The van der Waals surface area contributed by atoms with Crippen LogP contribution < -0.4 is 4.90 Å². The number of amides is 1. The number of methoxy groups -OCH3 is 1. The molecule has 1 aromatic heterocycles. The van der Waals surface area contributed by atoms with E-state index >= 15 is 0 Å². The summed E-state index contributed by atoms with van der Waals surface area (Å²) in [5, 5.41) is 9.51. The summed E-state index contributed by atoms with van der Waals surface area (Å²) in [4.78, 5) is 27.0. The van der Waals surface area contributed by atoms with Crippen molar-refractivity contribution in [2.75, 3.05) is 12.0 Å². The number of carbonyl (C=O) groups excluding carboxylic acids is 2. The van der Waals surface area contributed by atoms with Gasteiger partial charge in [0.1, 0.15) is 5.75 Å². The normalized spacial score (nSPS) is 15.0. The van der Waals surface area contributed by atoms with E-state index in [1.54, 1.807) is 24.3 Å². The van der Waals surface area contributed by atoms with Gasteiger partial charge in [-0.25, -0.2) is 4.79 Å². The Bertz CT molecular complexity index is 1280. The van der Waals surface area contributed by atoms with Gasteiger partial charge >= 0.3 is 5.97 Å². The molecule has 1 amide bonds. The molecule has 1 aliphatic heterocycles. The van der Waals surface area contributed by atoms with Crippen LogP contribution in [-0.4, -0.2) is 33.0 Å². The van der Waals surface area contributed by atoms with E-state index in [0.29, 0.717) is 20.5 Å². The minimum atomic E-state index is -0.396. The second kappa shape index (κ2) is 8.64. The third-order valence-corrected chi connectivity index (χ3v) is 6.49. The molecular formula is C24H20N2O4S2. The van der Waals surface area contributed by atoms with Gasteiger partial charge < -0.3 is 14.4 Å². The van der Waals surface area contributed by atoms with E-state index in [4.69, 9.17) is 17.0 Å². The maximum Gasteiger partial charge on any atom is 0.337 e. The number of anilines is 1. The number of phenols is 1. The topological polar surface area (TPSA) is 71.8 Å². The van der Waals surface area contributed by atoms with Gasteiger partial charge in [0.2, 0.25) is 0 Å². The number of nitrogens with zero attached hydrogens (tertiary/aromatic N) is 2. The lowest BCUT2D eigenvalue weighted by Crippen LogP contribution is -2.27. The number of thioether (sulfide) groups is 1. The number of hydrogen-bond donors (Lipinski definition) is 1. The average Bonchev–Trinajstić information content (AvgIpc) is 3.22. The molecule has 0 saturated carbocycles. The largest absolute Gasteiger partial charge is 0.508 e. The van der Waals surface area contributed by atoms with Crippen LogP contribution in [0.25, 0.3) is 11.8 Å². The van der Waals surface area contributed by atoms with Crippen LogP contribution in [0.4, 0.5) is 5.69 Å². The number of hydrogen-bond acceptors (Lipinski definition) is 6. The number of carbonyl (C=O) groups is 2. The number of aromatic nitrogens is 1. The minimum absolute atomic E-state index is 0.124. The molecule has 0 unspecified atom stereocenters. The fraction of sp³-hybridized carbons (Fsp3) is 0.125. The molecule has 8 heteroatoms. The van der Waals surface area contributed by atoms with E-state index in [1.165, 1.54) is 35.9 Å². The van der Waals surface area contributed by atoms with Crippen molar-refractivity contribution in [3.63, 3.8) is 0 Å². The average molecular weight is 465 g/mol. The van der Waals surface area contributed by atoms with E-state index in [0.717, 1.165) is 22.6 Å². The van der Waals surface area contributed by atoms with Crippen LogP contribution in [-0.2, 0) is 9.53 Å². The molecule has 6 nitrogen and oxygen atoms in total. The monoisotopic (exact) mass is 464 g/mol. The Morgan fingerprint density at radius 3 is 2.50 bits per heavy atom. The third kappa shape index (κ3) is 3.94. The Hall–Kier alpha value is -3.36. The maximum absolute atomic E-state index is 13.1. The number of thiocarbonyl (C=S) groups is 1. The van der Waals surface area contributed by atoms with Crippen LogP contribution >= 0.6 is 24.0 Å². The van der Waals surface area contributed by atoms with E-state index < -0.39 is 5.97 Å². The highest BCUT2D eigenvalue weighted by atomic mass is 32.2. The Balaban J connectivity index is 1.69.